The van der Waals surface area contributed by atoms with Gasteiger partial charge in [0.25, 0.3) is 0 Å². The Bertz CT molecular complexity index is 1050. The van der Waals surface area contributed by atoms with E-state index in [4.69, 9.17) is 9.47 Å². The van der Waals surface area contributed by atoms with Gasteiger partial charge in [0.2, 0.25) is 0 Å². The molecular formula is C24H26N2O4. The zero-order valence-electron chi connectivity index (χ0n) is 17.3. The Kier molecular flexibility index (Phi) is 3.76. The van der Waals surface area contributed by atoms with Crippen LogP contribution in [0.2, 0.25) is 0 Å². The molecule has 3 heterocycles. The highest BCUT2D eigenvalue weighted by atomic mass is 16.5. The van der Waals surface area contributed by atoms with Gasteiger partial charge >= 0.3 is 5.97 Å². The first-order valence-corrected chi connectivity index (χ1v) is 10.8. The molecule has 6 rings (SSSR count). The van der Waals surface area contributed by atoms with E-state index in [1.54, 1.807) is 25.4 Å². The van der Waals surface area contributed by atoms with Gasteiger partial charge in [0, 0.05) is 29.1 Å². The van der Waals surface area contributed by atoms with Crippen molar-refractivity contribution >= 4 is 5.97 Å². The molecule has 1 N–H and O–H groups in total. The van der Waals surface area contributed by atoms with Crippen LogP contribution in [0.1, 0.15) is 52.4 Å². The summed E-state index contributed by atoms with van der Waals surface area (Å²) < 4.78 is 12.5. The number of likely N-dealkylation sites (tertiary alicyclic amines) is 1. The molecular weight excluding hydrogens is 380 g/mol. The topological polar surface area (TPSA) is 71.9 Å². The molecule has 6 nitrogen and oxygen atoms in total. The number of likely N-dealkylation sites (N-methyl/N-ethyl adjacent to an activating group) is 1. The quantitative estimate of drug-likeness (QED) is 0.844. The van der Waals surface area contributed by atoms with Crippen molar-refractivity contribution in [3.05, 3.63) is 52.8 Å². The van der Waals surface area contributed by atoms with Crippen molar-refractivity contribution in [3.63, 3.8) is 0 Å². The average molecular weight is 406 g/mol. The number of carboxylic acid groups (broad SMARTS) is 1. The van der Waals surface area contributed by atoms with Gasteiger partial charge in [-0.25, -0.2) is 4.79 Å². The van der Waals surface area contributed by atoms with Crippen LogP contribution in [0.4, 0.5) is 0 Å². The van der Waals surface area contributed by atoms with Gasteiger partial charge in [-0.15, -0.1) is 0 Å². The lowest BCUT2D eigenvalue weighted by molar-refractivity contribution is -0.0534. The number of hydrogen-bond acceptors (Lipinski definition) is 5. The first-order valence-electron chi connectivity index (χ1n) is 10.8. The maximum atomic E-state index is 12.0. The Morgan fingerprint density at radius 2 is 2.20 bits per heavy atom. The van der Waals surface area contributed by atoms with E-state index in [9.17, 15) is 9.90 Å². The number of benzene rings is 1. The van der Waals surface area contributed by atoms with Crippen molar-refractivity contribution in [3.8, 4) is 11.5 Å². The third-order valence-corrected chi connectivity index (χ3v) is 8.22. The van der Waals surface area contributed by atoms with E-state index in [2.05, 4.69) is 23.0 Å². The number of carboxylic acids is 1. The van der Waals surface area contributed by atoms with E-state index in [1.165, 1.54) is 11.1 Å². The number of methoxy groups -OCH3 is 1. The molecule has 156 valence electrons. The van der Waals surface area contributed by atoms with Crippen molar-refractivity contribution in [2.45, 2.75) is 49.2 Å². The maximum absolute atomic E-state index is 12.0. The largest absolute Gasteiger partial charge is 0.493 e. The monoisotopic (exact) mass is 406 g/mol. The van der Waals surface area contributed by atoms with E-state index >= 15 is 0 Å². The average Bonchev–Trinajstić information content (AvgIpc) is 3.11. The molecule has 1 saturated heterocycles. The third-order valence-electron chi connectivity index (χ3n) is 8.22. The molecule has 0 amide bonds. The summed E-state index contributed by atoms with van der Waals surface area (Å²) in [5, 5.41) is 9.80. The Morgan fingerprint density at radius 3 is 3.00 bits per heavy atom. The lowest BCUT2D eigenvalue weighted by Crippen LogP contribution is -2.64. The van der Waals surface area contributed by atoms with Crippen molar-refractivity contribution in [1.29, 1.82) is 0 Å². The number of aromatic nitrogens is 1. The van der Waals surface area contributed by atoms with E-state index in [0.29, 0.717) is 23.2 Å². The summed E-state index contributed by atoms with van der Waals surface area (Å²) in [7, 11) is 3.93. The molecule has 5 atom stereocenters. The van der Waals surface area contributed by atoms with Crippen molar-refractivity contribution in [2.75, 3.05) is 20.7 Å². The first kappa shape index (κ1) is 18.2. The van der Waals surface area contributed by atoms with Crippen molar-refractivity contribution in [2.24, 2.45) is 5.92 Å². The van der Waals surface area contributed by atoms with Crippen LogP contribution in [0, 0.1) is 5.92 Å². The molecule has 6 heteroatoms. The Morgan fingerprint density at radius 1 is 1.33 bits per heavy atom. The summed E-state index contributed by atoms with van der Waals surface area (Å²) in [4.78, 5) is 19.0. The van der Waals surface area contributed by atoms with E-state index in [0.717, 1.165) is 43.7 Å². The number of pyridine rings is 1. The summed E-state index contributed by atoms with van der Waals surface area (Å²) in [6, 6.07) is 8.10. The summed E-state index contributed by atoms with van der Waals surface area (Å²) in [5.74, 6) is 1.21. The highest BCUT2D eigenvalue weighted by molar-refractivity contribution is 5.89. The maximum Gasteiger partial charge on any atom is 0.337 e. The molecule has 30 heavy (non-hydrogen) atoms. The summed E-state index contributed by atoms with van der Waals surface area (Å²) >= 11 is 0. The third kappa shape index (κ3) is 2.12. The molecule has 1 saturated carbocycles. The minimum atomic E-state index is -0.920. The smallest absolute Gasteiger partial charge is 0.337 e. The SMILES string of the molecule is COc1ccc2c3c1OC1C(c4ncccc4C(=O)O)CC[C@H]4[C@@H](C2)N(C)CC[C@]314. The number of rotatable bonds is 3. The lowest BCUT2D eigenvalue weighted by Gasteiger charge is -2.59. The Labute approximate surface area is 175 Å². The van der Waals surface area contributed by atoms with Crippen LogP contribution in [0.15, 0.2) is 30.5 Å². The van der Waals surface area contributed by atoms with Crippen LogP contribution < -0.4 is 9.47 Å². The van der Waals surface area contributed by atoms with E-state index in [1.807, 2.05) is 6.07 Å². The Hall–Kier alpha value is -2.60. The minimum Gasteiger partial charge on any atom is -0.493 e. The van der Waals surface area contributed by atoms with Crippen molar-refractivity contribution in [1.82, 2.24) is 9.88 Å². The predicted molar refractivity (Wildman–Crippen MR) is 110 cm³/mol. The van der Waals surface area contributed by atoms with Gasteiger partial charge in [0.15, 0.2) is 11.5 Å². The van der Waals surface area contributed by atoms with Crippen LogP contribution in [0.25, 0.3) is 0 Å². The second-order valence-electron chi connectivity index (χ2n) is 9.24. The number of piperidine rings is 1. The molecule has 1 spiro atoms. The number of hydrogen-bond donors (Lipinski definition) is 1. The predicted octanol–water partition coefficient (Wildman–Crippen LogP) is 3.24. The molecule has 2 unspecified atom stereocenters. The highest BCUT2D eigenvalue weighted by Crippen LogP contribution is 2.66. The van der Waals surface area contributed by atoms with E-state index < -0.39 is 5.97 Å². The zero-order chi connectivity index (χ0) is 20.6. The second kappa shape index (κ2) is 6.20. The van der Waals surface area contributed by atoms with Crippen molar-refractivity contribution < 1.29 is 19.4 Å². The van der Waals surface area contributed by atoms with Crippen LogP contribution in [-0.2, 0) is 11.8 Å². The van der Waals surface area contributed by atoms with E-state index in [-0.39, 0.29) is 17.4 Å². The van der Waals surface area contributed by atoms with Gasteiger partial charge < -0.3 is 19.5 Å². The van der Waals surface area contributed by atoms with Gasteiger partial charge in [-0.1, -0.05) is 6.07 Å². The minimum absolute atomic E-state index is 0.0411. The normalized spacial score (nSPS) is 33.5. The molecule has 1 aromatic heterocycles. The molecule has 2 aliphatic heterocycles. The zero-order valence-corrected chi connectivity index (χ0v) is 17.3. The standard InChI is InChI=1S/C24H26N2O4/c1-26-11-9-24-16-7-6-14(20-15(23(27)28)4-3-10-25-20)22(24)30-21-18(29-2)8-5-13(19(21)24)12-17(16)26/h3-5,8,10,14,16-17,22H,6-7,9,11-12H2,1-2H3,(H,27,28)/t14?,16-,17+,22?,24-/m0/s1. The van der Waals surface area contributed by atoms with Gasteiger partial charge in [-0.2, -0.15) is 0 Å². The Balaban J connectivity index is 1.57. The summed E-state index contributed by atoms with van der Waals surface area (Å²) in [6.45, 7) is 1.03. The molecule has 2 aliphatic carbocycles. The van der Waals surface area contributed by atoms with Gasteiger partial charge in [-0.05, 0) is 69.0 Å². The fraction of sp³-hybridized carbons (Fsp3) is 0.500. The summed E-state index contributed by atoms with van der Waals surface area (Å²) in [6.07, 6.45) is 5.62. The van der Waals surface area contributed by atoms with Crippen LogP contribution in [-0.4, -0.2) is 53.8 Å². The molecule has 1 aromatic carbocycles. The fourth-order valence-corrected chi connectivity index (χ4v) is 7.06. The van der Waals surface area contributed by atoms with Crippen LogP contribution in [0.3, 0.4) is 0 Å². The number of ether oxygens (including phenoxy) is 2. The van der Waals surface area contributed by atoms with Gasteiger partial charge in [0.05, 0.1) is 18.4 Å². The first-order chi connectivity index (χ1) is 14.6. The fourth-order valence-electron chi connectivity index (χ4n) is 7.06. The molecule has 2 aromatic rings. The number of aromatic carboxylic acids is 1. The summed E-state index contributed by atoms with van der Waals surface area (Å²) in [5.41, 5.74) is 3.56. The highest BCUT2D eigenvalue weighted by Gasteiger charge is 2.65. The number of nitrogens with zero attached hydrogens (tertiary/aromatic N) is 2. The van der Waals surface area contributed by atoms with Gasteiger partial charge in [-0.3, -0.25) is 4.98 Å². The molecule has 0 radical (unpaired) electrons. The lowest BCUT2D eigenvalue weighted by atomic mass is 9.49. The second-order valence-corrected chi connectivity index (χ2v) is 9.24. The molecule has 4 aliphatic rings. The van der Waals surface area contributed by atoms with Gasteiger partial charge in [0.1, 0.15) is 6.10 Å². The van der Waals surface area contributed by atoms with Crippen LogP contribution >= 0.6 is 0 Å². The van der Waals surface area contributed by atoms with Crippen LogP contribution in [0.5, 0.6) is 11.5 Å². The number of carbonyl (C=O) groups is 1. The molecule has 2 bridgehead atoms. The molecule has 2 fully saturated rings.